The predicted molar refractivity (Wildman–Crippen MR) is 93.1 cm³/mol. The van der Waals surface area contributed by atoms with Gasteiger partial charge in [0.25, 0.3) is 0 Å². The highest BCUT2D eigenvalue weighted by Gasteiger charge is 2.42. The van der Waals surface area contributed by atoms with Crippen LogP contribution in [0.4, 0.5) is 0 Å². The highest BCUT2D eigenvalue weighted by molar-refractivity contribution is 5.73. The third-order valence-electron chi connectivity index (χ3n) is 5.49. The number of ether oxygens (including phenoxy) is 1. The average molecular weight is 367 g/mol. The number of aromatic nitrogens is 3. The van der Waals surface area contributed by atoms with Crippen LogP contribution in [0.5, 0.6) is 0 Å². The van der Waals surface area contributed by atoms with E-state index in [0.29, 0.717) is 19.6 Å². The van der Waals surface area contributed by atoms with Gasteiger partial charge in [-0.2, -0.15) is 0 Å². The Labute approximate surface area is 153 Å². The lowest BCUT2D eigenvalue weighted by Gasteiger charge is -2.34. The van der Waals surface area contributed by atoms with Gasteiger partial charge in [-0.05, 0) is 19.3 Å². The van der Waals surface area contributed by atoms with Gasteiger partial charge in [0.15, 0.2) is 0 Å². The third-order valence-corrected chi connectivity index (χ3v) is 5.49. The van der Waals surface area contributed by atoms with Crippen molar-refractivity contribution < 1.29 is 19.7 Å². The molecular weight excluding hydrogens is 338 g/mol. The first-order valence-electron chi connectivity index (χ1n) is 9.23. The number of aliphatic hydroxyl groups excluding tert-OH is 2. The van der Waals surface area contributed by atoms with E-state index in [0.717, 1.165) is 31.6 Å². The number of hydrogen-bond acceptors (Lipinski definition) is 7. The number of hydrogen-bond donors (Lipinski definition) is 3. The average Bonchev–Trinajstić information content (AvgIpc) is 3.16. The van der Waals surface area contributed by atoms with Crippen molar-refractivity contribution in [1.82, 2.24) is 25.2 Å². The zero-order chi connectivity index (χ0) is 18.7. The summed E-state index contributed by atoms with van der Waals surface area (Å²) < 4.78 is 6.73. The van der Waals surface area contributed by atoms with Gasteiger partial charge in [-0.1, -0.05) is 5.21 Å². The molecule has 1 aliphatic carbocycles. The number of methoxy groups -OCH3 is 1. The van der Waals surface area contributed by atoms with Gasteiger partial charge < -0.3 is 25.2 Å². The second kappa shape index (κ2) is 8.43. The Morgan fingerprint density at radius 3 is 2.73 bits per heavy atom. The minimum Gasteiger partial charge on any atom is -0.390 e. The molecular formula is C17H29N5O4. The largest absolute Gasteiger partial charge is 0.390 e. The molecule has 1 aromatic rings. The second-order valence-electron chi connectivity index (χ2n) is 7.40. The highest BCUT2D eigenvalue weighted by Crippen LogP contribution is 2.29. The summed E-state index contributed by atoms with van der Waals surface area (Å²) in [5, 5.41) is 32.4. The van der Waals surface area contributed by atoms with Crippen LogP contribution in [0.2, 0.25) is 0 Å². The molecule has 146 valence electrons. The molecule has 3 N–H and O–H groups in total. The van der Waals surface area contributed by atoms with Crippen LogP contribution in [-0.4, -0.2) is 80.5 Å². The molecule has 4 unspecified atom stereocenters. The van der Waals surface area contributed by atoms with Gasteiger partial charge >= 0.3 is 0 Å². The lowest BCUT2D eigenvalue weighted by atomic mass is 10.0. The normalized spacial score (nSPS) is 30.1. The molecule has 1 saturated carbocycles. The Hall–Kier alpha value is -1.55. The molecule has 3 rings (SSSR count). The van der Waals surface area contributed by atoms with Crippen molar-refractivity contribution >= 4 is 5.91 Å². The molecule has 9 nitrogen and oxygen atoms in total. The standard InChI is InChI=1S/C17H29N5O4/c1-11(23)21-5-3-13(4-6-21)18-15-7-12(16(24)17(15)25)8-22-9-14(10-26-2)19-20-22/h9,12-13,15-18,24-25H,3-8,10H2,1-2H3. The molecule has 0 aromatic carbocycles. The van der Waals surface area contributed by atoms with Crippen LogP contribution in [0.25, 0.3) is 0 Å². The molecule has 1 aliphatic heterocycles. The highest BCUT2D eigenvalue weighted by atomic mass is 16.5. The Kier molecular flexibility index (Phi) is 6.23. The zero-order valence-electron chi connectivity index (χ0n) is 15.4. The topological polar surface area (TPSA) is 113 Å². The molecule has 0 spiro atoms. The minimum absolute atomic E-state index is 0.0862. The minimum atomic E-state index is -0.798. The second-order valence-corrected chi connectivity index (χ2v) is 7.40. The molecule has 4 atom stereocenters. The SMILES string of the molecule is COCc1cn(CC2CC(NC3CCN(C(C)=O)CC3)C(O)C2O)nn1. The van der Waals surface area contributed by atoms with E-state index in [1.807, 2.05) is 4.90 Å². The molecule has 1 amide bonds. The number of carbonyl (C=O) groups excluding carboxylic acids is 1. The monoisotopic (exact) mass is 367 g/mol. The van der Waals surface area contributed by atoms with E-state index in [1.165, 1.54) is 0 Å². The van der Waals surface area contributed by atoms with E-state index in [-0.39, 0.29) is 23.9 Å². The lowest BCUT2D eigenvalue weighted by Crippen LogP contribution is -2.50. The summed E-state index contributed by atoms with van der Waals surface area (Å²) in [6, 6.07) is 0.113. The van der Waals surface area contributed by atoms with E-state index in [2.05, 4.69) is 15.6 Å². The van der Waals surface area contributed by atoms with Crippen molar-refractivity contribution in [2.75, 3.05) is 20.2 Å². The summed E-state index contributed by atoms with van der Waals surface area (Å²) in [6.07, 6.45) is 2.63. The van der Waals surface area contributed by atoms with Gasteiger partial charge in [-0.3, -0.25) is 9.48 Å². The summed E-state index contributed by atoms with van der Waals surface area (Å²) in [4.78, 5) is 13.3. The lowest BCUT2D eigenvalue weighted by molar-refractivity contribution is -0.129. The van der Waals surface area contributed by atoms with Crippen LogP contribution in [0.3, 0.4) is 0 Å². The van der Waals surface area contributed by atoms with Gasteiger partial charge in [-0.25, -0.2) is 0 Å². The predicted octanol–water partition coefficient (Wildman–Crippen LogP) is -0.865. The number of carbonyl (C=O) groups is 1. The fraction of sp³-hybridized carbons (Fsp3) is 0.824. The fourth-order valence-corrected chi connectivity index (χ4v) is 4.02. The number of rotatable bonds is 6. The molecule has 0 bridgehead atoms. The molecule has 26 heavy (non-hydrogen) atoms. The number of aliphatic hydroxyl groups is 2. The molecule has 1 saturated heterocycles. The van der Waals surface area contributed by atoms with Crippen LogP contribution in [0.1, 0.15) is 31.9 Å². The number of amides is 1. The molecule has 9 heteroatoms. The van der Waals surface area contributed by atoms with E-state index in [4.69, 9.17) is 4.74 Å². The Morgan fingerprint density at radius 2 is 2.08 bits per heavy atom. The van der Waals surface area contributed by atoms with Crippen LogP contribution in [0, 0.1) is 5.92 Å². The summed E-state index contributed by atoms with van der Waals surface area (Å²) >= 11 is 0. The van der Waals surface area contributed by atoms with Crippen molar-refractivity contribution in [3.8, 4) is 0 Å². The molecule has 2 aliphatic rings. The molecule has 2 heterocycles. The van der Waals surface area contributed by atoms with Crippen LogP contribution >= 0.6 is 0 Å². The maximum absolute atomic E-state index is 11.4. The van der Waals surface area contributed by atoms with Crippen molar-refractivity contribution in [1.29, 1.82) is 0 Å². The van der Waals surface area contributed by atoms with Crippen LogP contribution < -0.4 is 5.32 Å². The van der Waals surface area contributed by atoms with Crippen molar-refractivity contribution in [3.63, 3.8) is 0 Å². The maximum Gasteiger partial charge on any atom is 0.219 e. The summed E-state index contributed by atoms with van der Waals surface area (Å²) in [5.74, 6) is 0.0254. The zero-order valence-corrected chi connectivity index (χ0v) is 15.4. The fourth-order valence-electron chi connectivity index (χ4n) is 4.02. The van der Waals surface area contributed by atoms with Gasteiger partial charge in [0.2, 0.25) is 5.91 Å². The Bertz CT molecular complexity index is 602. The number of nitrogens with one attached hydrogen (secondary N) is 1. The molecule has 0 radical (unpaired) electrons. The Morgan fingerprint density at radius 1 is 1.35 bits per heavy atom. The third kappa shape index (κ3) is 4.40. The van der Waals surface area contributed by atoms with Crippen LogP contribution in [0.15, 0.2) is 6.20 Å². The number of nitrogens with zero attached hydrogens (tertiary/aromatic N) is 4. The van der Waals surface area contributed by atoms with Gasteiger partial charge in [0, 0.05) is 51.7 Å². The first-order valence-corrected chi connectivity index (χ1v) is 9.23. The van der Waals surface area contributed by atoms with Gasteiger partial charge in [0.1, 0.15) is 5.69 Å². The maximum atomic E-state index is 11.4. The van der Waals surface area contributed by atoms with E-state index < -0.39 is 12.2 Å². The molecule has 1 aromatic heterocycles. The van der Waals surface area contributed by atoms with Crippen molar-refractivity contribution in [2.24, 2.45) is 5.92 Å². The van der Waals surface area contributed by atoms with Crippen LogP contribution in [-0.2, 0) is 22.7 Å². The van der Waals surface area contributed by atoms with Crippen molar-refractivity contribution in [2.45, 2.75) is 63.6 Å². The molecule has 2 fully saturated rings. The van der Waals surface area contributed by atoms with E-state index >= 15 is 0 Å². The van der Waals surface area contributed by atoms with Gasteiger partial charge in [-0.15, -0.1) is 5.10 Å². The Balaban J connectivity index is 1.51. The van der Waals surface area contributed by atoms with E-state index in [1.54, 1.807) is 24.9 Å². The van der Waals surface area contributed by atoms with E-state index in [9.17, 15) is 15.0 Å². The first-order chi connectivity index (χ1) is 12.5. The van der Waals surface area contributed by atoms with Gasteiger partial charge in [0.05, 0.1) is 25.0 Å². The summed E-state index contributed by atoms with van der Waals surface area (Å²) in [6.45, 7) is 3.98. The summed E-state index contributed by atoms with van der Waals surface area (Å²) in [5.41, 5.74) is 0.743. The smallest absolute Gasteiger partial charge is 0.219 e. The summed E-state index contributed by atoms with van der Waals surface area (Å²) in [7, 11) is 1.60. The first kappa shape index (κ1) is 19.2. The number of piperidine rings is 1. The quantitative estimate of drug-likeness (QED) is 0.599. The number of likely N-dealkylation sites (tertiary alicyclic amines) is 1. The van der Waals surface area contributed by atoms with Crippen molar-refractivity contribution in [3.05, 3.63) is 11.9 Å².